The van der Waals surface area contributed by atoms with Crippen LogP contribution in [0.15, 0.2) is 12.3 Å². The zero-order chi connectivity index (χ0) is 15.0. The molecule has 2 atom stereocenters. The van der Waals surface area contributed by atoms with Crippen molar-refractivity contribution < 1.29 is 24.6 Å². The van der Waals surface area contributed by atoms with Crippen LogP contribution in [0.25, 0.3) is 0 Å². The normalized spacial score (nSPS) is 22.1. The molecule has 7 heteroatoms. The Morgan fingerprint density at radius 2 is 2.00 bits per heavy atom. The summed E-state index contributed by atoms with van der Waals surface area (Å²) in [5.41, 5.74) is 0.623. The lowest BCUT2D eigenvalue weighted by Gasteiger charge is -2.21. The summed E-state index contributed by atoms with van der Waals surface area (Å²) in [6.45, 7) is 1.37. The number of amides is 1. The number of aliphatic hydroxyl groups excluding tert-OH is 1. The van der Waals surface area contributed by atoms with Crippen LogP contribution in [-0.4, -0.2) is 56.0 Å². The average Bonchev–Trinajstić information content (AvgIpc) is 2.92. The molecule has 2 rings (SSSR count). The zero-order valence-corrected chi connectivity index (χ0v) is 11.2. The fraction of sp³-hybridized carbons (Fsp3) is 0.462. The first-order valence-corrected chi connectivity index (χ1v) is 6.20. The van der Waals surface area contributed by atoms with E-state index in [1.54, 1.807) is 7.05 Å². The number of nitrogens with zero attached hydrogens (tertiary/aromatic N) is 2. The number of hydrogen-bond acceptors (Lipinski definition) is 4. The number of hydrogen-bond donors (Lipinski definition) is 2. The number of aliphatic carboxylic acids is 1. The monoisotopic (exact) mass is 280 g/mol. The second kappa shape index (κ2) is 5.09. The molecule has 2 heterocycles. The first-order chi connectivity index (χ1) is 9.31. The van der Waals surface area contributed by atoms with Crippen LogP contribution in [0, 0.1) is 0 Å². The lowest BCUT2D eigenvalue weighted by atomic mass is 10.2. The van der Waals surface area contributed by atoms with Crippen LogP contribution in [-0.2, 0) is 11.8 Å². The second-order valence-corrected chi connectivity index (χ2v) is 4.98. The van der Waals surface area contributed by atoms with Crippen molar-refractivity contribution >= 4 is 17.7 Å². The molecule has 0 bridgehead atoms. The maximum Gasteiger partial charge on any atom is 0.326 e. The molecule has 1 saturated heterocycles. The van der Waals surface area contributed by atoms with Gasteiger partial charge in [0.25, 0.3) is 5.91 Å². The van der Waals surface area contributed by atoms with Crippen LogP contribution >= 0.6 is 0 Å². The third kappa shape index (κ3) is 2.44. The van der Waals surface area contributed by atoms with E-state index >= 15 is 0 Å². The van der Waals surface area contributed by atoms with Crippen molar-refractivity contribution in [1.82, 2.24) is 9.47 Å². The standard InChI is InChI=1S/C13H16N2O5/c1-7(16)8-3-10(14(2)5-8)12(18)15-6-9(17)4-11(15)13(19)20/h3,5,9,11,17H,4,6H2,1-2H3,(H,19,20)/t9-,11+/m1/s1. The van der Waals surface area contributed by atoms with E-state index < -0.39 is 24.0 Å². The summed E-state index contributed by atoms with van der Waals surface area (Å²) in [5.74, 6) is -1.81. The predicted molar refractivity (Wildman–Crippen MR) is 68.5 cm³/mol. The number of ketones is 1. The van der Waals surface area contributed by atoms with Crippen molar-refractivity contribution in [3.05, 3.63) is 23.5 Å². The van der Waals surface area contributed by atoms with Crippen LogP contribution < -0.4 is 0 Å². The van der Waals surface area contributed by atoms with E-state index in [0.29, 0.717) is 5.56 Å². The topological polar surface area (TPSA) is 99.8 Å². The number of aliphatic hydroxyl groups is 1. The molecule has 1 aromatic rings. The molecule has 1 aliphatic heterocycles. The second-order valence-electron chi connectivity index (χ2n) is 4.98. The van der Waals surface area contributed by atoms with E-state index in [1.165, 1.54) is 23.8 Å². The molecule has 0 aliphatic carbocycles. The number of carboxylic acid groups (broad SMARTS) is 1. The Bertz CT molecular complexity index is 577. The maximum atomic E-state index is 12.4. The zero-order valence-electron chi connectivity index (χ0n) is 11.2. The predicted octanol–water partition coefficient (Wildman–Crippen LogP) is -0.112. The van der Waals surface area contributed by atoms with Crippen molar-refractivity contribution in [2.24, 2.45) is 7.05 Å². The Balaban J connectivity index is 2.31. The fourth-order valence-electron chi connectivity index (χ4n) is 2.39. The SMILES string of the molecule is CC(=O)c1cc(C(=O)N2C[C@H](O)C[C@H]2C(=O)O)n(C)c1. The molecular formula is C13H16N2O5. The molecule has 0 unspecified atom stereocenters. The Kier molecular flexibility index (Phi) is 3.63. The summed E-state index contributed by atoms with van der Waals surface area (Å²) >= 11 is 0. The summed E-state index contributed by atoms with van der Waals surface area (Å²) < 4.78 is 1.49. The van der Waals surface area contributed by atoms with Gasteiger partial charge < -0.3 is 19.7 Å². The fourth-order valence-corrected chi connectivity index (χ4v) is 2.39. The molecule has 1 amide bonds. The Hall–Kier alpha value is -2.15. The van der Waals surface area contributed by atoms with Crippen molar-refractivity contribution in [2.45, 2.75) is 25.5 Å². The minimum atomic E-state index is -1.14. The van der Waals surface area contributed by atoms with Crippen molar-refractivity contribution in [1.29, 1.82) is 0 Å². The highest BCUT2D eigenvalue weighted by Crippen LogP contribution is 2.21. The van der Waals surface area contributed by atoms with Crippen molar-refractivity contribution in [3.63, 3.8) is 0 Å². The molecule has 0 radical (unpaired) electrons. The molecule has 7 nitrogen and oxygen atoms in total. The Labute approximate surface area is 115 Å². The number of likely N-dealkylation sites (tertiary alicyclic amines) is 1. The van der Waals surface area contributed by atoms with Gasteiger partial charge in [-0.15, -0.1) is 0 Å². The van der Waals surface area contributed by atoms with E-state index in [0.717, 1.165) is 4.90 Å². The minimum Gasteiger partial charge on any atom is -0.480 e. The van der Waals surface area contributed by atoms with Crippen LogP contribution in [0.4, 0.5) is 0 Å². The molecular weight excluding hydrogens is 264 g/mol. The first-order valence-electron chi connectivity index (χ1n) is 6.20. The van der Waals surface area contributed by atoms with Gasteiger partial charge in [-0.2, -0.15) is 0 Å². The number of aryl methyl sites for hydroxylation is 1. The van der Waals surface area contributed by atoms with Crippen LogP contribution in [0.2, 0.25) is 0 Å². The van der Waals surface area contributed by atoms with E-state index in [9.17, 15) is 19.5 Å². The number of β-amino-alcohol motifs (C(OH)–C–C–N with tert-alkyl or cyclic N) is 1. The van der Waals surface area contributed by atoms with Crippen LogP contribution in [0.3, 0.4) is 0 Å². The van der Waals surface area contributed by atoms with Crippen molar-refractivity contribution in [2.75, 3.05) is 6.54 Å². The molecule has 1 aromatic heterocycles. The highest BCUT2D eigenvalue weighted by molar-refractivity contribution is 6.00. The molecule has 20 heavy (non-hydrogen) atoms. The van der Waals surface area contributed by atoms with Crippen molar-refractivity contribution in [3.8, 4) is 0 Å². The van der Waals surface area contributed by atoms with Gasteiger partial charge in [-0.05, 0) is 13.0 Å². The Morgan fingerprint density at radius 1 is 1.35 bits per heavy atom. The van der Waals surface area contributed by atoms with E-state index in [2.05, 4.69) is 0 Å². The molecule has 1 aliphatic rings. The first kappa shape index (κ1) is 14.3. The lowest BCUT2D eigenvalue weighted by molar-refractivity contribution is -0.141. The van der Waals surface area contributed by atoms with Crippen LogP contribution in [0.1, 0.15) is 34.2 Å². The lowest BCUT2D eigenvalue weighted by Crippen LogP contribution is -2.41. The molecule has 2 N–H and O–H groups in total. The van der Waals surface area contributed by atoms with Gasteiger partial charge in [-0.3, -0.25) is 9.59 Å². The van der Waals surface area contributed by atoms with Gasteiger partial charge in [0, 0.05) is 31.8 Å². The van der Waals surface area contributed by atoms with Gasteiger partial charge in [-0.1, -0.05) is 0 Å². The van der Waals surface area contributed by atoms with E-state index in [4.69, 9.17) is 5.11 Å². The van der Waals surface area contributed by atoms with Gasteiger partial charge >= 0.3 is 5.97 Å². The summed E-state index contributed by atoms with van der Waals surface area (Å²) in [6.07, 6.45) is 0.704. The third-order valence-electron chi connectivity index (χ3n) is 3.46. The molecule has 0 aromatic carbocycles. The quantitative estimate of drug-likeness (QED) is 0.752. The van der Waals surface area contributed by atoms with E-state index in [1.807, 2.05) is 0 Å². The summed E-state index contributed by atoms with van der Waals surface area (Å²) in [6, 6.07) is 0.405. The summed E-state index contributed by atoms with van der Waals surface area (Å²) in [4.78, 5) is 35.9. The number of carbonyl (C=O) groups is 3. The molecule has 0 saturated carbocycles. The molecule has 0 spiro atoms. The largest absolute Gasteiger partial charge is 0.480 e. The summed E-state index contributed by atoms with van der Waals surface area (Å²) in [5, 5.41) is 18.7. The smallest absolute Gasteiger partial charge is 0.326 e. The number of carbonyl (C=O) groups excluding carboxylic acids is 2. The van der Waals surface area contributed by atoms with Gasteiger partial charge in [0.1, 0.15) is 11.7 Å². The molecule has 108 valence electrons. The van der Waals surface area contributed by atoms with Gasteiger partial charge in [0.2, 0.25) is 0 Å². The molecule has 1 fully saturated rings. The Morgan fingerprint density at radius 3 is 2.50 bits per heavy atom. The highest BCUT2D eigenvalue weighted by Gasteiger charge is 2.39. The third-order valence-corrected chi connectivity index (χ3v) is 3.46. The van der Waals surface area contributed by atoms with Gasteiger partial charge in [0.15, 0.2) is 5.78 Å². The van der Waals surface area contributed by atoms with Gasteiger partial charge in [0.05, 0.1) is 6.10 Å². The summed E-state index contributed by atoms with van der Waals surface area (Å²) in [7, 11) is 1.61. The number of aromatic nitrogens is 1. The number of Topliss-reactive ketones (excluding diaryl/α,β-unsaturated/α-hetero) is 1. The average molecular weight is 280 g/mol. The number of carboxylic acids is 1. The van der Waals surface area contributed by atoms with Gasteiger partial charge in [-0.25, -0.2) is 4.79 Å². The highest BCUT2D eigenvalue weighted by atomic mass is 16.4. The van der Waals surface area contributed by atoms with Crippen LogP contribution in [0.5, 0.6) is 0 Å². The maximum absolute atomic E-state index is 12.4. The van der Waals surface area contributed by atoms with E-state index in [-0.39, 0.29) is 24.4 Å². The number of rotatable bonds is 3. The minimum absolute atomic E-state index is 0.0175.